The Morgan fingerprint density at radius 1 is 1.40 bits per heavy atom. The molecule has 3 N–H and O–H groups in total. The number of ether oxygens (including phenoxy) is 2. The summed E-state index contributed by atoms with van der Waals surface area (Å²) >= 11 is 0. The number of rotatable bonds is 6. The van der Waals surface area contributed by atoms with Gasteiger partial charge in [0, 0.05) is 19.0 Å². The number of amides is 2. The Kier molecular flexibility index (Phi) is 4.55. The van der Waals surface area contributed by atoms with Crippen molar-refractivity contribution in [2.45, 2.75) is 25.9 Å². The smallest absolute Gasteiger partial charge is 0.302 e. The molecule has 2 heterocycles. The number of nitrogens with one attached hydrogen (secondary N) is 1. The summed E-state index contributed by atoms with van der Waals surface area (Å²) < 4.78 is 10.4. The Balaban J connectivity index is 1.71. The third-order valence-corrected chi connectivity index (χ3v) is 3.86. The van der Waals surface area contributed by atoms with Crippen LogP contribution in [0.15, 0.2) is 23.2 Å². The summed E-state index contributed by atoms with van der Waals surface area (Å²) in [6.45, 7) is 2.15. The van der Waals surface area contributed by atoms with Gasteiger partial charge in [-0.2, -0.15) is 0 Å². The standard InChI is InChI=1S/C16H18N4O5/c1-9(21)24-4-5-25-11-2-3-12-10(6-11)8-20-13(7-14(17)22)15(23)19-16(20)18-12/h2-3,6,13H,4-5,7-8H2,1H3,(H2,17,22)(H,18,19,23). The molecule has 132 valence electrons. The van der Waals surface area contributed by atoms with E-state index in [1.165, 1.54) is 6.92 Å². The molecule has 0 spiro atoms. The van der Waals surface area contributed by atoms with Gasteiger partial charge < -0.3 is 20.1 Å². The van der Waals surface area contributed by atoms with E-state index in [9.17, 15) is 14.4 Å². The van der Waals surface area contributed by atoms with Crippen molar-refractivity contribution in [3.63, 3.8) is 0 Å². The number of carbonyl (C=O) groups is 3. The number of primary amides is 1. The first-order valence-electron chi connectivity index (χ1n) is 7.77. The highest BCUT2D eigenvalue weighted by molar-refractivity contribution is 6.09. The van der Waals surface area contributed by atoms with Crippen molar-refractivity contribution in [2.24, 2.45) is 10.7 Å². The largest absolute Gasteiger partial charge is 0.490 e. The van der Waals surface area contributed by atoms with Gasteiger partial charge >= 0.3 is 5.97 Å². The average molecular weight is 346 g/mol. The summed E-state index contributed by atoms with van der Waals surface area (Å²) in [6, 6.07) is 4.70. The molecular weight excluding hydrogens is 328 g/mol. The Labute approximate surface area is 143 Å². The van der Waals surface area contributed by atoms with Crippen LogP contribution in [0.25, 0.3) is 0 Å². The van der Waals surface area contributed by atoms with E-state index in [-0.39, 0.29) is 31.5 Å². The Morgan fingerprint density at radius 2 is 2.20 bits per heavy atom. The lowest BCUT2D eigenvalue weighted by Crippen LogP contribution is -2.39. The van der Waals surface area contributed by atoms with Gasteiger partial charge in [0.15, 0.2) is 0 Å². The number of fused-ring (bicyclic) bond motifs is 2. The van der Waals surface area contributed by atoms with E-state index in [0.717, 1.165) is 11.3 Å². The van der Waals surface area contributed by atoms with Gasteiger partial charge in [0.25, 0.3) is 0 Å². The first kappa shape index (κ1) is 16.7. The fourth-order valence-corrected chi connectivity index (χ4v) is 2.76. The lowest BCUT2D eigenvalue weighted by molar-refractivity contribution is -0.141. The van der Waals surface area contributed by atoms with Crippen LogP contribution in [-0.2, 0) is 25.7 Å². The number of hydrogen-bond acceptors (Lipinski definition) is 7. The lowest BCUT2D eigenvalue weighted by atomic mass is 10.1. The molecule has 1 fully saturated rings. The summed E-state index contributed by atoms with van der Waals surface area (Å²) in [5, 5.41) is 2.67. The fourth-order valence-electron chi connectivity index (χ4n) is 2.76. The van der Waals surface area contributed by atoms with E-state index >= 15 is 0 Å². The van der Waals surface area contributed by atoms with Gasteiger partial charge in [-0.25, -0.2) is 4.99 Å². The third-order valence-electron chi connectivity index (χ3n) is 3.86. The summed E-state index contributed by atoms with van der Waals surface area (Å²) in [4.78, 5) is 40.1. The Hall–Kier alpha value is -3.10. The van der Waals surface area contributed by atoms with Crippen molar-refractivity contribution >= 4 is 29.4 Å². The number of carbonyl (C=O) groups excluding carboxylic acids is 3. The zero-order chi connectivity index (χ0) is 18.0. The van der Waals surface area contributed by atoms with E-state index in [0.29, 0.717) is 18.3 Å². The van der Waals surface area contributed by atoms with Crippen molar-refractivity contribution in [1.82, 2.24) is 10.2 Å². The van der Waals surface area contributed by atoms with Gasteiger partial charge in [-0.3, -0.25) is 19.7 Å². The van der Waals surface area contributed by atoms with Crippen molar-refractivity contribution < 1.29 is 23.9 Å². The van der Waals surface area contributed by atoms with E-state index in [2.05, 4.69) is 10.3 Å². The summed E-state index contributed by atoms with van der Waals surface area (Å²) in [5.41, 5.74) is 6.80. The van der Waals surface area contributed by atoms with Gasteiger partial charge in [0.05, 0.1) is 12.1 Å². The highest BCUT2D eigenvalue weighted by Crippen LogP contribution is 2.32. The predicted octanol–water partition coefficient (Wildman–Crippen LogP) is -0.195. The second kappa shape index (κ2) is 6.80. The fraction of sp³-hybridized carbons (Fsp3) is 0.375. The molecule has 1 atom stereocenters. The van der Waals surface area contributed by atoms with Crippen molar-refractivity contribution in [1.29, 1.82) is 0 Å². The Morgan fingerprint density at radius 3 is 2.92 bits per heavy atom. The maximum absolute atomic E-state index is 12.0. The molecule has 0 saturated carbocycles. The molecule has 3 rings (SSSR count). The van der Waals surface area contributed by atoms with Gasteiger partial charge in [-0.1, -0.05) is 0 Å². The minimum Gasteiger partial charge on any atom is -0.490 e. The highest BCUT2D eigenvalue weighted by atomic mass is 16.6. The van der Waals surface area contributed by atoms with E-state index in [1.807, 2.05) is 6.07 Å². The monoisotopic (exact) mass is 346 g/mol. The lowest BCUT2D eigenvalue weighted by Gasteiger charge is -2.27. The second-order valence-electron chi connectivity index (χ2n) is 5.72. The molecule has 1 saturated heterocycles. The molecular formula is C16H18N4O5. The minimum atomic E-state index is -0.655. The van der Waals surface area contributed by atoms with Crippen molar-refractivity contribution in [2.75, 3.05) is 13.2 Å². The van der Waals surface area contributed by atoms with Crippen molar-refractivity contribution in [3.05, 3.63) is 23.8 Å². The molecule has 0 aromatic heterocycles. The van der Waals surface area contributed by atoms with Crippen LogP contribution >= 0.6 is 0 Å². The topological polar surface area (TPSA) is 123 Å². The maximum atomic E-state index is 12.0. The molecule has 1 unspecified atom stereocenters. The molecule has 2 aliphatic rings. The van der Waals surface area contributed by atoms with Crippen LogP contribution in [0.1, 0.15) is 18.9 Å². The van der Waals surface area contributed by atoms with Crippen LogP contribution in [0, 0.1) is 0 Å². The minimum absolute atomic E-state index is 0.0707. The number of nitrogens with zero attached hydrogens (tertiary/aromatic N) is 2. The number of aliphatic imine (C=N–C) groups is 1. The normalized spacial score (nSPS) is 18.0. The van der Waals surface area contributed by atoms with Crippen LogP contribution in [0.2, 0.25) is 0 Å². The molecule has 0 bridgehead atoms. The third kappa shape index (κ3) is 3.70. The van der Waals surface area contributed by atoms with Crippen LogP contribution < -0.4 is 15.8 Å². The van der Waals surface area contributed by atoms with E-state index in [4.69, 9.17) is 15.2 Å². The summed E-state index contributed by atoms with van der Waals surface area (Å²) in [7, 11) is 0. The number of benzene rings is 1. The molecule has 1 aromatic carbocycles. The predicted molar refractivity (Wildman–Crippen MR) is 87.0 cm³/mol. The highest BCUT2D eigenvalue weighted by Gasteiger charge is 2.39. The van der Waals surface area contributed by atoms with E-state index < -0.39 is 11.9 Å². The molecule has 0 radical (unpaired) electrons. The van der Waals surface area contributed by atoms with Crippen LogP contribution in [0.5, 0.6) is 5.75 Å². The number of esters is 1. The maximum Gasteiger partial charge on any atom is 0.302 e. The van der Waals surface area contributed by atoms with Crippen LogP contribution in [0.4, 0.5) is 5.69 Å². The first-order valence-corrected chi connectivity index (χ1v) is 7.77. The average Bonchev–Trinajstić information content (AvgIpc) is 2.84. The molecule has 9 heteroatoms. The number of nitrogens with two attached hydrogens (primary N) is 1. The number of hydrogen-bond donors (Lipinski definition) is 2. The van der Waals surface area contributed by atoms with Gasteiger partial charge in [0.1, 0.15) is 25.0 Å². The molecule has 2 aliphatic heterocycles. The van der Waals surface area contributed by atoms with Crippen LogP contribution in [0.3, 0.4) is 0 Å². The summed E-state index contributed by atoms with van der Waals surface area (Å²) in [5.74, 6) is -0.165. The van der Waals surface area contributed by atoms with Gasteiger partial charge in [-0.05, 0) is 18.2 Å². The number of guanidine groups is 1. The summed E-state index contributed by atoms with van der Waals surface area (Å²) in [6.07, 6.45) is -0.0707. The first-order chi connectivity index (χ1) is 11.9. The second-order valence-corrected chi connectivity index (χ2v) is 5.72. The van der Waals surface area contributed by atoms with Crippen LogP contribution in [-0.4, -0.2) is 47.9 Å². The molecule has 0 aliphatic carbocycles. The van der Waals surface area contributed by atoms with Crippen molar-refractivity contribution in [3.8, 4) is 5.75 Å². The molecule has 1 aromatic rings. The molecule has 9 nitrogen and oxygen atoms in total. The SMILES string of the molecule is CC(=O)OCCOc1ccc2c(c1)CN1C(=N2)NC(=O)C1CC(N)=O. The van der Waals surface area contributed by atoms with Gasteiger partial charge in [0.2, 0.25) is 17.8 Å². The zero-order valence-electron chi connectivity index (χ0n) is 13.7. The Bertz CT molecular complexity index is 761. The molecule has 25 heavy (non-hydrogen) atoms. The van der Waals surface area contributed by atoms with Gasteiger partial charge in [-0.15, -0.1) is 0 Å². The van der Waals surface area contributed by atoms with E-state index in [1.54, 1.807) is 17.0 Å². The quantitative estimate of drug-likeness (QED) is 0.543. The molecule has 2 amide bonds. The zero-order valence-corrected chi connectivity index (χ0v) is 13.7.